The summed E-state index contributed by atoms with van der Waals surface area (Å²) in [4.78, 5) is 47.8. The molecule has 0 aliphatic carbocycles. The van der Waals surface area contributed by atoms with Crippen molar-refractivity contribution >= 4 is 21.5 Å². The monoisotopic (exact) mass is 369 g/mol. The van der Waals surface area contributed by atoms with Crippen LogP contribution in [0.1, 0.15) is 10.4 Å². The summed E-state index contributed by atoms with van der Waals surface area (Å²) in [6.07, 6.45) is 0.594. The number of carbonyl (C=O) groups is 1. The summed E-state index contributed by atoms with van der Waals surface area (Å²) in [7, 11) is -9.81. The van der Waals surface area contributed by atoms with E-state index in [-0.39, 0.29) is 12.5 Å². The van der Waals surface area contributed by atoms with Gasteiger partial charge in [0.05, 0.1) is 6.54 Å². The van der Waals surface area contributed by atoms with Crippen molar-refractivity contribution in [1.82, 2.24) is 4.90 Å². The highest BCUT2D eigenvalue weighted by molar-refractivity contribution is 7.72. The van der Waals surface area contributed by atoms with E-state index in [1.54, 1.807) is 6.07 Å². The normalized spacial score (nSPS) is 13.2. The van der Waals surface area contributed by atoms with E-state index in [4.69, 9.17) is 24.3 Å². The number of hydrogen-bond acceptors (Lipinski definition) is 6. The number of ether oxygens (including phenoxy) is 1. The second-order valence-corrected chi connectivity index (χ2v) is 8.85. The van der Waals surface area contributed by atoms with Crippen LogP contribution in [0, 0.1) is 0 Å². The molecule has 5 N–H and O–H groups in total. The fourth-order valence-electron chi connectivity index (χ4n) is 1.62. The minimum absolute atomic E-state index is 0.261. The lowest BCUT2D eigenvalue weighted by atomic mass is 10.2. The van der Waals surface area contributed by atoms with Crippen molar-refractivity contribution in [3.05, 3.63) is 29.8 Å². The van der Waals surface area contributed by atoms with Gasteiger partial charge in [0.1, 0.15) is 18.8 Å². The molecule has 0 aliphatic rings. The van der Waals surface area contributed by atoms with Gasteiger partial charge in [-0.3, -0.25) is 18.8 Å². The van der Waals surface area contributed by atoms with Crippen LogP contribution in [0.2, 0.25) is 0 Å². The Morgan fingerprint density at radius 3 is 2.26 bits per heavy atom. The minimum Gasteiger partial charge on any atom is -0.478 e. The van der Waals surface area contributed by atoms with Crippen molar-refractivity contribution in [1.29, 1.82) is 0 Å². The first-order valence-corrected chi connectivity index (χ1v) is 9.33. The Hall–Kier alpha value is -1.09. The van der Waals surface area contributed by atoms with Crippen LogP contribution < -0.4 is 4.74 Å². The number of nitrogens with zero attached hydrogens (tertiary/aromatic N) is 1. The largest absolute Gasteiger partial charge is 0.478 e. The van der Waals surface area contributed by atoms with Gasteiger partial charge in [-0.15, -0.1) is 0 Å². The van der Waals surface area contributed by atoms with Crippen LogP contribution in [0.15, 0.2) is 24.3 Å². The first kappa shape index (κ1) is 20.0. The van der Waals surface area contributed by atoms with Crippen LogP contribution in [0.25, 0.3) is 0 Å². The summed E-state index contributed by atoms with van der Waals surface area (Å²) in [5.41, 5.74) is 0.340. The van der Waals surface area contributed by atoms with Gasteiger partial charge in [-0.2, -0.15) is 0 Å². The second kappa shape index (κ2) is 7.21. The molecule has 0 aliphatic heterocycles. The number of aldehydes is 1. The Kier molecular flexibility index (Phi) is 6.25. The van der Waals surface area contributed by atoms with E-state index >= 15 is 0 Å². The molecule has 0 spiro atoms. The van der Waals surface area contributed by atoms with Gasteiger partial charge >= 0.3 is 15.2 Å². The van der Waals surface area contributed by atoms with Gasteiger partial charge in [0, 0.05) is 5.56 Å². The van der Waals surface area contributed by atoms with Gasteiger partial charge in [0.15, 0.2) is 0 Å². The molecule has 1 aromatic rings. The average Bonchev–Trinajstić information content (AvgIpc) is 2.43. The van der Waals surface area contributed by atoms with Gasteiger partial charge in [0.2, 0.25) is 0 Å². The zero-order valence-corrected chi connectivity index (χ0v) is 13.8. The first-order valence-electron chi connectivity index (χ1n) is 6.11. The number of rotatable bonds is 8. The highest BCUT2D eigenvalue weighted by atomic mass is 31.2. The molecule has 0 fully saturated rings. The molecule has 23 heavy (non-hydrogen) atoms. The van der Waals surface area contributed by atoms with Gasteiger partial charge in [0.25, 0.3) is 5.08 Å². The summed E-state index contributed by atoms with van der Waals surface area (Å²) in [6, 6.07) is 5.99. The van der Waals surface area contributed by atoms with Crippen molar-refractivity contribution in [3.8, 4) is 5.75 Å². The van der Waals surface area contributed by atoms with E-state index in [9.17, 15) is 19.0 Å². The molecule has 12 heteroatoms. The van der Waals surface area contributed by atoms with Crippen molar-refractivity contribution in [2.24, 2.45) is 0 Å². The predicted molar refractivity (Wildman–Crippen MR) is 79.0 cm³/mol. The van der Waals surface area contributed by atoms with E-state index in [0.29, 0.717) is 11.8 Å². The first-order chi connectivity index (χ1) is 10.4. The van der Waals surface area contributed by atoms with Crippen LogP contribution in [0.4, 0.5) is 0 Å². The molecule has 0 heterocycles. The number of hydrogen-bond donors (Lipinski definition) is 5. The number of benzene rings is 1. The fraction of sp³-hybridized carbons (Fsp3) is 0.364. The molecule has 1 rings (SSSR count). The molecule has 0 amide bonds. The van der Waals surface area contributed by atoms with Crippen LogP contribution in [0.5, 0.6) is 5.75 Å². The zero-order valence-electron chi connectivity index (χ0n) is 12.0. The Balaban J connectivity index is 2.81. The van der Waals surface area contributed by atoms with Gasteiger partial charge < -0.3 is 29.4 Å². The topological polar surface area (TPSA) is 165 Å². The Labute approximate surface area is 131 Å². The smallest absolute Gasteiger partial charge is 0.370 e. The summed E-state index contributed by atoms with van der Waals surface area (Å²) < 4.78 is 27.7. The highest BCUT2D eigenvalue weighted by Crippen LogP contribution is 2.67. The molecule has 0 unspecified atom stereocenters. The van der Waals surface area contributed by atoms with Crippen LogP contribution >= 0.6 is 15.2 Å². The van der Waals surface area contributed by atoms with E-state index in [2.05, 4.69) is 0 Å². The summed E-state index contributed by atoms with van der Waals surface area (Å²) in [6.45, 7) is -1.38. The number of likely N-dealkylation sites (N-methyl/N-ethyl adjacent to an activating group) is 1. The standard InChI is InChI=1S/C11H17NO9P2/c1-12(7-11(14,22(15,16)17)23(18,19)20)8-21-10-4-2-3-9(5-10)6-13/h2-6,14H,7-8H2,1H3,(H2,15,16,17)(H2,18,19,20). The van der Waals surface area contributed by atoms with Gasteiger partial charge in [-0.1, -0.05) is 12.1 Å². The highest BCUT2D eigenvalue weighted by Gasteiger charge is 2.59. The van der Waals surface area contributed by atoms with E-state index < -0.39 is 26.8 Å². The van der Waals surface area contributed by atoms with Crippen molar-refractivity contribution in [2.75, 3.05) is 20.3 Å². The molecule has 0 bridgehead atoms. The third-order valence-electron chi connectivity index (χ3n) is 2.86. The lowest BCUT2D eigenvalue weighted by molar-refractivity contribution is 0.0649. The van der Waals surface area contributed by atoms with Crippen LogP contribution in [-0.4, -0.2) is 61.3 Å². The van der Waals surface area contributed by atoms with E-state index in [0.717, 1.165) is 4.90 Å². The van der Waals surface area contributed by atoms with E-state index in [1.807, 2.05) is 0 Å². The quantitative estimate of drug-likeness (QED) is 0.235. The lowest BCUT2D eigenvalue weighted by Crippen LogP contribution is -2.42. The predicted octanol–water partition coefficient (Wildman–Crippen LogP) is -0.231. The third kappa shape index (κ3) is 4.94. The maximum atomic E-state index is 11.2. The molecule has 0 saturated carbocycles. The Morgan fingerprint density at radius 2 is 1.78 bits per heavy atom. The molecule has 0 saturated heterocycles. The average molecular weight is 369 g/mol. The maximum absolute atomic E-state index is 11.2. The summed E-state index contributed by atoms with van der Waals surface area (Å²) >= 11 is 0. The van der Waals surface area contributed by atoms with Crippen LogP contribution in [0.3, 0.4) is 0 Å². The Bertz CT molecular complexity index is 631. The fourth-order valence-corrected chi connectivity index (χ4v) is 3.83. The molecule has 0 aromatic heterocycles. The molecule has 1 aromatic carbocycles. The van der Waals surface area contributed by atoms with Crippen LogP contribution in [-0.2, 0) is 9.13 Å². The van der Waals surface area contributed by atoms with Crippen molar-refractivity contribution < 1.29 is 43.3 Å². The molecule has 0 radical (unpaired) electrons. The third-order valence-corrected chi connectivity index (χ3v) is 6.57. The Morgan fingerprint density at radius 1 is 1.22 bits per heavy atom. The molecular formula is C11H17NO9P2. The number of carbonyl (C=O) groups excluding carboxylic acids is 1. The maximum Gasteiger partial charge on any atom is 0.370 e. The summed E-state index contributed by atoms with van der Waals surface area (Å²) in [5, 5.41) is 6.23. The SMILES string of the molecule is CN(COc1cccc(C=O)c1)CC(O)(P(=O)(O)O)P(=O)(O)O. The molecular weight excluding hydrogens is 352 g/mol. The van der Waals surface area contributed by atoms with Gasteiger partial charge in [-0.05, 0) is 19.2 Å². The van der Waals surface area contributed by atoms with Crippen molar-refractivity contribution in [3.63, 3.8) is 0 Å². The molecule has 10 nitrogen and oxygen atoms in total. The summed E-state index contributed by atoms with van der Waals surface area (Å²) in [5.74, 6) is 0.261. The lowest BCUT2D eigenvalue weighted by Gasteiger charge is -2.32. The number of aliphatic hydroxyl groups is 1. The zero-order chi connectivity index (χ0) is 17.9. The second-order valence-electron chi connectivity index (χ2n) is 4.84. The van der Waals surface area contributed by atoms with Gasteiger partial charge in [-0.25, -0.2) is 0 Å². The van der Waals surface area contributed by atoms with E-state index in [1.165, 1.54) is 25.2 Å². The van der Waals surface area contributed by atoms with Crippen molar-refractivity contribution in [2.45, 2.75) is 5.08 Å². The molecule has 130 valence electrons. The molecule has 0 atom stereocenters. The minimum atomic E-state index is -5.52.